The van der Waals surface area contributed by atoms with Gasteiger partial charge in [-0.05, 0) is 24.5 Å². The minimum absolute atomic E-state index is 0.000509. The number of benzene rings is 1. The second-order valence-electron chi connectivity index (χ2n) is 5.91. The van der Waals surface area contributed by atoms with Gasteiger partial charge in [0.15, 0.2) is 0 Å². The molecule has 0 unspecified atom stereocenters. The zero-order valence-electron chi connectivity index (χ0n) is 13.2. The van der Waals surface area contributed by atoms with Crippen molar-refractivity contribution in [2.45, 2.75) is 25.4 Å². The molecular formula is C17H18FN5O. The highest BCUT2D eigenvalue weighted by Crippen LogP contribution is 2.18. The van der Waals surface area contributed by atoms with Gasteiger partial charge in [-0.3, -0.25) is 9.36 Å². The summed E-state index contributed by atoms with van der Waals surface area (Å²) in [6.45, 7) is 1.37. The standard InChI is InChI=1S/C17H18FN5O/c18-15-9-21-17(22-7-3-6-14(20)11-22)23(16(15)24)10-13-5-2-1-4-12(13)8-19/h1-2,4-5,9,14H,3,6-7,10-11,20H2/t14-/m0/s1. The van der Waals surface area contributed by atoms with E-state index in [0.717, 1.165) is 19.0 Å². The summed E-state index contributed by atoms with van der Waals surface area (Å²) in [5.41, 5.74) is 6.36. The van der Waals surface area contributed by atoms with E-state index in [9.17, 15) is 14.4 Å². The molecule has 2 aromatic rings. The first-order valence-corrected chi connectivity index (χ1v) is 7.84. The summed E-state index contributed by atoms with van der Waals surface area (Å²) in [6, 6.07) is 9.05. The van der Waals surface area contributed by atoms with Crippen LogP contribution in [0.2, 0.25) is 0 Å². The van der Waals surface area contributed by atoms with E-state index >= 15 is 0 Å². The quantitative estimate of drug-likeness (QED) is 0.916. The van der Waals surface area contributed by atoms with Crippen molar-refractivity contribution in [2.24, 2.45) is 5.73 Å². The highest BCUT2D eigenvalue weighted by molar-refractivity contribution is 5.39. The fraction of sp³-hybridized carbons (Fsp3) is 0.353. The van der Waals surface area contributed by atoms with E-state index in [2.05, 4.69) is 11.1 Å². The van der Waals surface area contributed by atoms with Crippen molar-refractivity contribution in [3.63, 3.8) is 0 Å². The molecule has 7 heteroatoms. The third-order valence-electron chi connectivity index (χ3n) is 4.19. The van der Waals surface area contributed by atoms with E-state index in [-0.39, 0.29) is 12.6 Å². The second kappa shape index (κ2) is 6.81. The Bertz CT molecular complexity index is 842. The van der Waals surface area contributed by atoms with Gasteiger partial charge in [0.05, 0.1) is 24.4 Å². The molecule has 1 saturated heterocycles. The van der Waals surface area contributed by atoms with E-state index in [4.69, 9.17) is 5.73 Å². The Morgan fingerprint density at radius 3 is 2.96 bits per heavy atom. The zero-order chi connectivity index (χ0) is 17.1. The van der Waals surface area contributed by atoms with Crippen molar-refractivity contribution >= 4 is 5.95 Å². The maximum Gasteiger partial charge on any atom is 0.291 e. The van der Waals surface area contributed by atoms with E-state index in [1.807, 2.05) is 4.90 Å². The first-order valence-electron chi connectivity index (χ1n) is 7.84. The zero-order valence-corrected chi connectivity index (χ0v) is 13.2. The molecule has 0 amide bonds. The van der Waals surface area contributed by atoms with Crippen LogP contribution in [-0.2, 0) is 6.54 Å². The molecule has 124 valence electrons. The van der Waals surface area contributed by atoms with Crippen LogP contribution in [0.5, 0.6) is 0 Å². The molecule has 3 rings (SSSR count). The fourth-order valence-corrected chi connectivity index (χ4v) is 2.98. The number of piperidine rings is 1. The van der Waals surface area contributed by atoms with Gasteiger partial charge in [0.2, 0.25) is 11.8 Å². The normalized spacial score (nSPS) is 17.5. The molecule has 2 N–H and O–H groups in total. The summed E-state index contributed by atoms with van der Waals surface area (Å²) in [7, 11) is 0. The van der Waals surface area contributed by atoms with E-state index < -0.39 is 11.4 Å². The lowest BCUT2D eigenvalue weighted by Gasteiger charge is -2.32. The van der Waals surface area contributed by atoms with Gasteiger partial charge in [-0.1, -0.05) is 18.2 Å². The third kappa shape index (κ3) is 3.14. The molecule has 0 spiro atoms. The Hall–Kier alpha value is -2.72. The Balaban J connectivity index is 2.04. The lowest BCUT2D eigenvalue weighted by atomic mass is 10.1. The Kier molecular flexibility index (Phi) is 4.58. The molecule has 0 saturated carbocycles. The van der Waals surface area contributed by atoms with Gasteiger partial charge in [0.25, 0.3) is 5.56 Å². The number of hydrogen-bond donors (Lipinski definition) is 1. The van der Waals surface area contributed by atoms with Crippen LogP contribution in [0.3, 0.4) is 0 Å². The van der Waals surface area contributed by atoms with Crippen LogP contribution < -0.4 is 16.2 Å². The molecule has 1 fully saturated rings. The summed E-state index contributed by atoms with van der Waals surface area (Å²) in [4.78, 5) is 18.4. The summed E-state index contributed by atoms with van der Waals surface area (Å²) in [5.74, 6) is -0.515. The van der Waals surface area contributed by atoms with Crippen molar-refractivity contribution in [3.8, 4) is 6.07 Å². The number of aromatic nitrogens is 2. The summed E-state index contributed by atoms with van der Waals surface area (Å²) in [5, 5.41) is 9.22. The smallest absolute Gasteiger partial charge is 0.291 e. The monoisotopic (exact) mass is 327 g/mol. The van der Waals surface area contributed by atoms with Crippen LogP contribution in [0.25, 0.3) is 0 Å². The molecule has 1 aliphatic heterocycles. The van der Waals surface area contributed by atoms with Crippen LogP contribution in [0, 0.1) is 17.1 Å². The Morgan fingerprint density at radius 2 is 2.21 bits per heavy atom. The van der Waals surface area contributed by atoms with Gasteiger partial charge in [-0.2, -0.15) is 9.65 Å². The molecular weight excluding hydrogens is 309 g/mol. The van der Waals surface area contributed by atoms with Crippen LogP contribution in [-0.4, -0.2) is 28.7 Å². The van der Waals surface area contributed by atoms with Crippen molar-refractivity contribution in [1.29, 1.82) is 5.26 Å². The number of nitrogens with two attached hydrogens (primary N) is 1. The number of halogens is 1. The molecule has 0 bridgehead atoms. The molecule has 1 atom stereocenters. The molecule has 1 aliphatic rings. The van der Waals surface area contributed by atoms with Crippen molar-refractivity contribution < 1.29 is 4.39 Å². The predicted molar refractivity (Wildman–Crippen MR) is 88.1 cm³/mol. The highest BCUT2D eigenvalue weighted by atomic mass is 19.1. The van der Waals surface area contributed by atoms with Crippen molar-refractivity contribution in [1.82, 2.24) is 9.55 Å². The van der Waals surface area contributed by atoms with Crippen LogP contribution >= 0.6 is 0 Å². The molecule has 1 aromatic heterocycles. The fourth-order valence-electron chi connectivity index (χ4n) is 2.98. The number of rotatable bonds is 3. The minimum Gasteiger partial charge on any atom is -0.341 e. The number of nitrogens with zero attached hydrogens (tertiary/aromatic N) is 4. The summed E-state index contributed by atoms with van der Waals surface area (Å²) >= 11 is 0. The first-order chi connectivity index (χ1) is 11.6. The molecule has 0 radical (unpaired) electrons. The minimum atomic E-state index is -0.908. The molecule has 6 nitrogen and oxygen atoms in total. The summed E-state index contributed by atoms with van der Waals surface area (Å²) in [6.07, 6.45) is 2.76. The number of anilines is 1. The largest absolute Gasteiger partial charge is 0.341 e. The van der Waals surface area contributed by atoms with Gasteiger partial charge in [-0.25, -0.2) is 4.98 Å². The topological polar surface area (TPSA) is 87.9 Å². The highest BCUT2D eigenvalue weighted by Gasteiger charge is 2.22. The predicted octanol–water partition coefficient (Wildman–Crippen LogP) is 1.23. The van der Waals surface area contributed by atoms with E-state index in [1.54, 1.807) is 24.3 Å². The average Bonchev–Trinajstić information content (AvgIpc) is 2.59. The van der Waals surface area contributed by atoms with E-state index in [0.29, 0.717) is 30.2 Å². The van der Waals surface area contributed by atoms with Gasteiger partial charge in [0, 0.05) is 19.1 Å². The maximum absolute atomic E-state index is 13.8. The second-order valence-corrected chi connectivity index (χ2v) is 5.91. The van der Waals surface area contributed by atoms with Gasteiger partial charge in [0.1, 0.15) is 0 Å². The van der Waals surface area contributed by atoms with Crippen LogP contribution in [0.15, 0.2) is 35.3 Å². The van der Waals surface area contributed by atoms with Crippen LogP contribution in [0.1, 0.15) is 24.0 Å². The number of hydrogen-bond acceptors (Lipinski definition) is 5. The van der Waals surface area contributed by atoms with Crippen molar-refractivity contribution in [3.05, 3.63) is 57.8 Å². The average molecular weight is 327 g/mol. The third-order valence-corrected chi connectivity index (χ3v) is 4.19. The molecule has 2 heterocycles. The lowest BCUT2D eigenvalue weighted by molar-refractivity contribution is 0.484. The lowest BCUT2D eigenvalue weighted by Crippen LogP contribution is -2.45. The van der Waals surface area contributed by atoms with Gasteiger partial charge < -0.3 is 10.6 Å². The SMILES string of the molecule is N#Cc1ccccc1Cn1c(N2CCC[C@H](N)C2)ncc(F)c1=O. The summed E-state index contributed by atoms with van der Waals surface area (Å²) < 4.78 is 15.1. The maximum atomic E-state index is 13.8. The molecule has 0 aliphatic carbocycles. The Morgan fingerprint density at radius 1 is 1.42 bits per heavy atom. The molecule has 24 heavy (non-hydrogen) atoms. The van der Waals surface area contributed by atoms with Crippen molar-refractivity contribution in [2.75, 3.05) is 18.0 Å². The van der Waals surface area contributed by atoms with Crippen LogP contribution in [0.4, 0.5) is 10.3 Å². The Labute approximate surface area is 139 Å². The van der Waals surface area contributed by atoms with Gasteiger partial charge >= 0.3 is 0 Å². The first kappa shape index (κ1) is 16.1. The van der Waals surface area contributed by atoms with Gasteiger partial charge in [-0.15, -0.1) is 0 Å². The van der Waals surface area contributed by atoms with E-state index in [1.165, 1.54) is 4.57 Å². The number of nitriles is 1. The molecule has 1 aromatic carbocycles.